The number of fused-ring (bicyclic) bond motifs is 5. The topological polar surface area (TPSA) is 68.4 Å². The van der Waals surface area contributed by atoms with Crippen molar-refractivity contribution in [3.8, 4) is 5.75 Å². The second-order valence-electron chi connectivity index (χ2n) is 11.7. The van der Waals surface area contributed by atoms with Crippen molar-refractivity contribution in [3.63, 3.8) is 0 Å². The molecule has 0 unspecified atom stereocenters. The van der Waals surface area contributed by atoms with Crippen LogP contribution in [-0.4, -0.2) is 16.0 Å². The molecule has 1 aromatic heterocycles. The van der Waals surface area contributed by atoms with E-state index in [1.165, 1.54) is 0 Å². The van der Waals surface area contributed by atoms with Gasteiger partial charge in [-0.15, -0.1) is 0 Å². The van der Waals surface area contributed by atoms with Crippen molar-refractivity contribution in [2.75, 3.05) is 10.2 Å². The van der Waals surface area contributed by atoms with E-state index in [1.807, 2.05) is 84.9 Å². The Morgan fingerprint density at radius 1 is 0.625 bits per heavy atom. The summed E-state index contributed by atoms with van der Waals surface area (Å²) in [5.74, 6) is -0.416. The molecule has 48 heavy (non-hydrogen) atoms. The molecule has 5 nitrogen and oxygen atoms in total. The van der Waals surface area contributed by atoms with Crippen molar-refractivity contribution in [1.82, 2.24) is 4.98 Å². The molecular weight excluding hydrogens is 590 g/mol. The van der Waals surface area contributed by atoms with Gasteiger partial charge in [-0.25, -0.2) is 0 Å². The number of aromatic hydroxyl groups is 1. The van der Waals surface area contributed by atoms with Gasteiger partial charge in [-0.05, 0) is 83.6 Å². The van der Waals surface area contributed by atoms with Crippen molar-refractivity contribution in [2.24, 2.45) is 0 Å². The monoisotopic (exact) mass is 625 g/mol. The van der Waals surface area contributed by atoms with E-state index in [0.717, 1.165) is 60.8 Å². The number of amides is 1. The van der Waals surface area contributed by atoms with Crippen LogP contribution in [0.15, 0.2) is 158 Å². The number of carbonyl (C=O) groups is 1. The number of aromatic amines is 1. The number of phenols is 1. The van der Waals surface area contributed by atoms with Gasteiger partial charge < -0.3 is 20.3 Å². The second kappa shape index (κ2) is 12.8. The highest BCUT2D eigenvalue weighted by Crippen LogP contribution is 2.36. The number of nitrogens with one attached hydrogen (secondary N) is 2. The molecule has 8 rings (SSSR count). The van der Waals surface area contributed by atoms with Gasteiger partial charge in [0.15, 0.2) is 0 Å². The van der Waals surface area contributed by atoms with Crippen LogP contribution in [0.25, 0.3) is 32.6 Å². The Labute approximate surface area is 279 Å². The molecule has 0 aliphatic rings. The Morgan fingerprint density at radius 2 is 1.25 bits per heavy atom. The van der Waals surface area contributed by atoms with E-state index in [4.69, 9.17) is 0 Å². The fourth-order valence-corrected chi connectivity index (χ4v) is 6.43. The maximum Gasteiger partial charge on any atom is 0.259 e. The summed E-state index contributed by atoms with van der Waals surface area (Å²) < 4.78 is 0. The van der Waals surface area contributed by atoms with Crippen molar-refractivity contribution in [1.29, 1.82) is 0 Å². The molecule has 1 amide bonds. The van der Waals surface area contributed by atoms with Gasteiger partial charge in [-0.3, -0.25) is 4.79 Å². The molecule has 234 valence electrons. The fourth-order valence-electron chi connectivity index (χ4n) is 6.43. The fraction of sp³-hybridized carbons (Fsp3) is 0.0465. The van der Waals surface area contributed by atoms with Crippen molar-refractivity contribution >= 4 is 61.2 Å². The molecule has 8 aromatic rings. The van der Waals surface area contributed by atoms with Crippen molar-refractivity contribution in [2.45, 2.75) is 13.8 Å². The largest absolute Gasteiger partial charge is 0.507 e. The summed E-state index contributed by atoms with van der Waals surface area (Å²) in [4.78, 5) is 19.3. The molecule has 0 saturated heterocycles. The molecule has 0 saturated carbocycles. The van der Waals surface area contributed by atoms with Crippen LogP contribution < -0.4 is 10.2 Å². The van der Waals surface area contributed by atoms with Gasteiger partial charge >= 0.3 is 0 Å². The van der Waals surface area contributed by atoms with Crippen LogP contribution in [0.4, 0.5) is 22.7 Å². The van der Waals surface area contributed by atoms with Crippen LogP contribution in [-0.2, 0) is 6.42 Å². The summed E-state index contributed by atoms with van der Waals surface area (Å²) in [6.07, 6.45) is 0.634. The highest BCUT2D eigenvalue weighted by molar-refractivity contribution is 6.18. The summed E-state index contributed by atoms with van der Waals surface area (Å²) in [5, 5.41) is 18.1. The zero-order valence-corrected chi connectivity index (χ0v) is 25.5. The number of anilines is 4. The molecular formula is C43H35N3O2. The zero-order chi connectivity index (χ0) is 31.7. The number of H-pyrrole nitrogens is 1. The van der Waals surface area contributed by atoms with Crippen LogP contribution >= 0.6 is 0 Å². The number of carbonyl (C=O) groups excluding carboxylic acids is 1. The number of hydrogen-bond acceptors (Lipinski definition) is 3. The number of rotatable bonds is 7. The molecule has 5 heteroatoms. The minimum atomic E-state index is -0.356. The normalized spacial score (nSPS) is 11.0. The molecule has 3 N–H and O–H groups in total. The molecule has 0 bridgehead atoms. The third-order valence-electron chi connectivity index (χ3n) is 8.74. The zero-order valence-electron chi connectivity index (χ0n) is 25.5. The first-order valence-corrected chi connectivity index (χ1v) is 15.7. The van der Waals surface area contributed by atoms with Gasteiger partial charge in [0, 0.05) is 44.4 Å². The summed E-state index contributed by atoms with van der Waals surface area (Å²) in [7, 11) is 0. The predicted octanol–water partition coefficient (Wildman–Crippen LogP) is 11.1. The minimum Gasteiger partial charge on any atom is -0.507 e. The number of para-hydroxylation sites is 4. The van der Waals surface area contributed by atoms with Gasteiger partial charge in [0.2, 0.25) is 0 Å². The van der Waals surface area contributed by atoms with Crippen LogP contribution in [0.3, 0.4) is 0 Å². The molecule has 0 fully saturated rings. The Balaban J connectivity index is 0.00000364. The van der Waals surface area contributed by atoms with Gasteiger partial charge in [-0.2, -0.15) is 0 Å². The second-order valence-corrected chi connectivity index (χ2v) is 11.7. The van der Waals surface area contributed by atoms with E-state index in [0.29, 0.717) is 12.1 Å². The smallest absolute Gasteiger partial charge is 0.259 e. The van der Waals surface area contributed by atoms with Gasteiger partial charge in [0.25, 0.3) is 5.91 Å². The average Bonchev–Trinajstić information content (AvgIpc) is 3.50. The maximum absolute atomic E-state index is 13.6. The summed E-state index contributed by atoms with van der Waals surface area (Å²) >= 11 is 0. The SMILES string of the molecule is C.O=C(Nc1ccccc1Cc1ccc(N(c2ccccc2)c2ccccc2)cc1)c1cc2ccc3c4ccccc4[nH]c3c2cc1O. The van der Waals surface area contributed by atoms with E-state index in [-0.39, 0.29) is 24.6 Å². The summed E-state index contributed by atoms with van der Waals surface area (Å²) in [6.45, 7) is 0. The molecule has 7 aromatic carbocycles. The van der Waals surface area contributed by atoms with Crippen LogP contribution in [0.2, 0.25) is 0 Å². The first-order valence-electron chi connectivity index (χ1n) is 15.7. The number of benzene rings is 7. The first-order chi connectivity index (χ1) is 23.1. The van der Waals surface area contributed by atoms with Crippen molar-refractivity contribution < 1.29 is 9.90 Å². The first kappa shape index (κ1) is 30.3. The predicted molar refractivity (Wildman–Crippen MR) is 200 cm³/mol. The lowest BCUT2D eigenvalue weighted by atomic mass is 10.0. The highest BCUT2D eigenvalue weighted by atomic mass is 16.3. The lowest BCUT2D eigenvalue weighted by Crippen LogP contribution is -2.14. The number of phenolic OH excluding ortho intramolecular Hbond substituents is 1. The Morgan fingerprint density at radius 3 is 1.98 bits per heavy atom. The van der Waals surface area contributed by atoms with Crippen LogP contribution in [0, 0.1) is 0 Å². The maximum atomic E-state index is 13.6. The third-order valence-corrected chi connectivity index (χ3v) is 8.74. The lowest BCUT2D eigenvalue weighted by Gasteiger charge is -2.25. The Hall–Kier alpha value is -6.33. The van der Waals surface area contributed by atoms with E-state index < -0.39 is 0 Å². The third kappa shape index (κ3) is 5.63. The number of hydrogen-bond donors (Lipinski definition) is 3. The minimum absolute atomic E-state index is 0. The number of nitrogens with zero attached hydrogens (tertiary/aromatic N) is 1. The van der Waals surface area contributed by atoms with Gasteiger partial charge in [-0.1, -0.05) is 104 Å². The number of aromatic nitrogens is 1. The van der Waals surface area contributed by atoms with E-state index >= 15 is 0 Å². The van der Waals surface area contributed by atoms with E-state index in [9.17, 15) is 9.90 Å². The van der Waals surface area contributed by atoms with Crippen molar-refractivity contribution in [3.05, 3.63) is 174 Å². The van der Waals surface area contributed by atoms with Crippen LogP contribution in [0.5, 0.6) is 5.75 Å². The molecule has 0 spiro atoms. The Bertz CT molecular complexity index is 2340. The molecule has 0 aliphatic heterocycles. The highest BCUT2D eigenvalue weighted by Gasteiger charge is 2.17. The van der Waals surface area contributed by atoms with E-state index in [1.54, 1.807) is 12.1 Å². The molecule has 0 radical (unpaired) electrons. The average molecular weight is 626 g/mol. The molecule has 1 heterocycles. The standard InChI is InChI=1S/C42H31N3O2.CH4/c46-40-27-36-29(21-24-35-34-16-8-10-18-39(34)43-41(35)36)26-37(40)42(47)44-38-17-9-7-11-30(38)25-28-19-22-33(23-20-28)45(31-12-3-1-4-13-31)32-14-5-2-6-15-32;/h1-24,26-27,43,46H,25H2,(H,44,47);1H4. The summed E-state index contributed by atoms with van der Waals surface area (Å²) in [5.41, 5.74) is 8.25. The Kier molecular flexibility index (Phi) is 8.10. The van der Waals surface area contributed by atoms with Gasteiger partial charge in [0.1, 0.15) is 5.75 Å². The molecule has 0 atom stereocenters. The van der Waals surface area contributed by atoms with Crippen LogP contribution in [0.1, 0.15) is 28.9 Å². The van der Waals surface area contributed by atoms with Gasteiger partial charge in [0.05, 0.1) is 11.1 Å². The quantitative estimate of drug-likeness (QED) is 0.165. The van der Waals surface area contributed by atoms with E-state index in [2.05, 4.69) is 75.9 Å². The summed E-state index contributed by atoms with van der Waals surface area (Å²) in [6, 6.07) is 52.7. The molecule has 0 aliphatic carbocycles. The lowest BCUT2D eigenvalue weighted by molar-refractivity contribution is 0.102.